The molecule has 0 aliphatic carbocycles. The van der Waals surface area contributed by atoms with Crippen LogP contribution >= 0.6 is 15.9 Å². The number of nitrogen functional groups attached to an aromatic ring is 1. The van der Waals surface area contributed by atoms with Crippen LogP contribution in [0.3, 0.4) is 0 Å². The Hall–Kier alpha value is -1.10. The van der Waals surface area contributed by atoms with E-state index in [0.717, 1.165) is 4.47 Å². The summed E-state index contributed by atoms with van der Waals surface area (Å²) in [5.41, 5.74) is 9.08. The van der Waals surface area contributed by atoms with E-state index in [-0.39, 0.29) is 5.54 Å². The number of nitrogens with zero attached hydrogens (tertiary/aromatic N) is 1. The number of hydrogen-bond donors (Lipinski definition) is 2. The van der Waals surface area contributed by atoms with Crippen molar-refractivity contribution in [2.75, 3.05) is 5.73 Å². The third kappa shape index (κ3) is 3.51. The second-order valence-corrected chi connectivity index (χ2v) is 5.27. The number of rotatable bonds is 2. The SMILES string of the molecule is CC(C)(C)N[N+](=O)c1ccc(Br)cc1N. The van der Waals surface area contributed by atoms with Gasteiger partial charge < -0.3 is 5.73 Å². The largest absolute Gasteiger partial charge is 0.393 e. The number of hydrazine groups is 1. The number of halogens is 1. The first-order valence-electron chi connectivity index (χ1n) is 4.60. The predicted molar refractivity (Wildman–Crippen MR) is 64.7 cm³/mol. The molecule has 5 heteroatoms. The summed E-state index contributed by atoms with van der Waals surface area (Å²) in [5.74, 6) is 0. The molecule has 0 heterocycles. The van der Waals surface area contributed by atoms with E-state index in [1.807, 2.05) is 20.8 Å². The molecular weight excluding hydrogens is 258 g/mol. The Morgan fingerprint density at radius 3 is 2.47 bits per heavy atom. The molecule has 1 rings (SSSR count). The van der Waals surface area contributed by atoms with Crippen molar-refractivity contribution in [3.63, 3.8) is 0 Å². The van der Waals surface area contributed by atoms with Gasteiger partial charge in [-0.05, 0) is 32.9 Å². The van der Waals surface area contributed by atoms with Gasteiger partial charge in [-0.1, -0.05) is 15.9 Å². The molecule has 0 saturated heterocycles. The molecule has 0 aliphatic rings. The Morgan fingerprint density at radius 2 is 2.00 bits per heavy atom. The Kier molecular flexibility index (Phi) is 3.34. The maximum atomic E-state index is 11.7. The summed E-state index contributed by atoms with van der Waals surface area (Å²) >= 11 is 3.29. The molecule has 4 nitrogen and oxygen atoms in total. The highest BCUT2D eigenvalue weighted by Crippen LogP contribution is 2.24. The van der Waals surface area contributed by atoms with Gasteiger partial charge in [0.05, 0.1) is 10.4 Å². The van der Waals surface area contributed by atoms with E-state index in [9.17, 15) is 4.91 Å². The lowest BCUT2D eigenvalue weighted by Gasteiger charge is -2.13. The van der Waals surface area contributed by atoms with E-state index in [1.165, 1.54) is 0 Å². The second kappa shape index (κ2) is 4.18. The smallest absolute Gasteiger partial charge is 0.314 e. The summed E-state index contributed by atoms with van der Waals surface area (Å²) in [6.45, 7) is 5.73. The van der Waals surface area contributed by atoms with Crippen molar-refractivity contribution < 1.29 is 4.87 Å². The molecule has 0 aliphatic heterocycles. The molecule has 0 atom stereocenters. The summed E-state index contributed by atoms with van der Waals surface area (Å²) in [5, 5.41) is 0. The highest BCUT2D eigenvalue weighted by molar-refractivity contribution is 9.10. The van der Waals surface area contributed by atoms with Gasteiger partial charge in [0, 0.05) is 10.5 Å². The monoisotopic (exact) mass is 272 g/mol. The van der Waals surface area contributed by atoms with Crippen LogP contribution in [-0.4, -0.2) is 10.4 Å². The standard InChI is InChI=1S/C10H15BrN3O/c1-10(2,3)13-14(15)9-5-4-7(11)6-8(9)12/h4-6H,12H2,1-3H3,(H,13,15)/q+1. The van der Waals surface area contributed by atoms with Crippen molar-refractivity contribution in [3.05, 3.63) is 27.6 Å². The van der Waals surface area contributed by atoms with E-state index < -0.39 is 0 Å². The van der Waals surface area contributed by atoms with Gasteiger partial charge in [0.25, 0.3) is 0 Å². The van der Waals surface area contributed by atoms with E-state index in [2.05, 4.69) is 21.4 Å². The molecule has 0 bridgehead atoms. The van der Waals surface area contributed by atoms with Crippen LogP contribution in [0.15, 0.2) is 22.7 Å². The normalized spacial score (nSPS) is 11.2. The van der Waals surface area contributed by atoms with Crippen LogP contribution in [-0.2, 0) is 0 Å². The summed E-state index contributed by atoms with van der Waals surface area (Å²) in [6, 6.07) is 5.15. The molecule has 15 heavy (non-hydrogen) atoms. The van der Waals surface area contributed by atoms with Gasteiger partial charge >= 0.3 is 5.69 Å². The first-order chi connectivity index (χ1) is 6.79. The van der Waals surface area contributed by atoms with Crippen LogP contribution in [0.1, 0.15) is 20.8 Å². The van der Waals surface area contributed by atoms with Crippen molar-refractivity contribution in [3.8, 4) is 0 Å². The van der Waals surface area contributed by atoms with Gasteiger partial charge in [-0.2, -0.15) is 0 Å². The van der Waals surface area contributed by atoms with Crippen molar-refractivity contribution in [1.82, 2.24) is 5.43 Å². The molecule has 1 aromatic carbocycles. The third-order valence-corrected chi connectivity index (χ3v) is 2.14. The fourth-order valence-electron chi connectivity index (χ4n) is 1.08. The highest BCUT2D eigenvalue weighted by Gasteiger charge is 2.24. The van der Waals surface area contributed by atoms with E-state index >= 15 is 0 Å². The topological polar surface area (TPSA) is 58.1 Å². The zero-order valence-electron chi connectivity index (χ0n) is 9.04. The predicted octanol–water partition coefficient (Wildman–Crippen LogP) is 2.74. The van der Waals surface area contributed by atoms with Gasteiger partial charge in [-0.25, -0.2) is 0 Å². The molecule has 1 aromatic rings. The number of nitrogens with one attached hydrogen (secondary N) is 1. The van der Waals surface area contributed by atoms with E-state index in [1.54, 1.807) is 18.2 Å². The van der Waals surface area contributed by atoms with Crippen LogP contribution in [0.5, 0.6) is 0 Å². The fraction of sp³-hybridized carbons (Fsp3) is 0.400. The average molecular weight is 273 g/mol. The van der Waals surface area contributed by atoms with Gasteiger partial charge in [-0.15, -0.1) is 5.43 Å². The van der Waals surface area contributed by atoms with Gasteiger partial charge in [-0.3, -0.25) is 0 Å². The number of nitroso groups, excluding NO2 is 1. The first kappa shape index (κ1) is 12.0. The molecule has 0 aromatic heterocycles. The number of hydrogen-bond acceptors (Lipinski definition) is 2. The summed E-state index contributed by atoms with van der Waals surface area (Å²) < 4.78 is 0.855. The zero-order valence-corrected chi connectivity index (χ0v) is 10.6. The highest BCUT2D eigenvalue weighted by atomic mass is 79.9. The second-order valence-electron chi connectivity index (χ2n) is 4.36. The van der Waals surface area contributed by atoms with Crippen molar-refractivity contribution >= 4 is 27.3 Å². The molecule has 0 saturated carbocycles. The maximum Gasteiger partial charge on any atom is 0.314 e. The zero-order chi connectivity index (χ0) is 11.6. The quantitative estimate of drug-likeness (QED) is 0.495. The molecule has 0 unspecified atom stereocenters. The Morgan fingerprint density at radius 1 is 1.40 bits per heavy atom. The lowest BCUT2D eigenvalue weighted by Crippen LogP contribution is -2.40. The lowest BCUT2D eigenvalue weighted by atomic mass is 10.1. The molecule has 82 valence electrons. The fourth-order valence-corrected chi connectivity index (χ4v) is 1.45. The van der Waals surface area contributed by atoms with Crippen molar-refractivity contribution in [2.24, 2.45) is 0 Å². The Labute approximate surface area is 97.5 Å². The number of nitrogens with two attached hydrogens (primary N) is 1. The van der Waals surface area contributed by atoms with Crippen molar-refractivity contribution in [1.29, 1.82) is 0 Å². The van der Waals surface area contributed by atoms with Crippen LogP contribution in [0.2, 0.25) is 0 Å². The van der Waals surface area contributed by atoms with Gasteiger partial charge in [0.15, 0.2) is 4.87 Å². The minimum absolute atomic E-state index is 0.290. The number of benzene rings is 1. The summed E-state index contributed by atoms with van der Waals surface area (Å²) in [7, 11) is 0. The van der Waals surface area contributed by atoms with Crippen LogP contribution in [0, 0.1) is 4.91 Å². The van der Waals surface area contributed by atoms with Crippen LogP contribution in [0.4, 0.5) is 11.4 Å². The Balaban J connectivity index is 2.92. The Bertz CT molecular complexity index is 385. The molecule has 0 amide bonds. The van der Waals surface area contributed by atoms with Crippen LogP contribution < -0.4 is 11.2 Å². The number of anilines is 1. The minimum Gasteiger partial charge on any atom is -0.393 e. The molecule has 0 spiro atoms. The van der Waals surface area contributed by atoms with E-state index in [4.69, 9.17) is 5.73 Å². The first-order valence-corrected chi connectivity index (χ1v) is 5.39. The minimum atomic E-state index is -0.290. The van der Waals surface area contributed by atoms with Crippen LogP contribution in [0.25, 0.3) is 0 Å². The average Bonchev–Trinajstić information content (AvgIpc) is 1.99. The van der Waals surface area contributed by atoms with Gasteiger partial charge in [0.1, 0.15) is 5.69 Å². The molecule has 0 radical (unpaired) electrons. The van der Waals surface area contributed by atoms with E-state index in [0.29, 0.717) is 16.2 Å². The summed E-state index contributed by atoms with van der Waals surface area (Å²) in [6.07, 6.45) is 0. The molecular formula is C10H15BrN3O+. The molecule has 3 N–H and O–H groups in total. The van der Waals surface area contributed by atoms with Gasteiger partial charge in [0.2, 0.25) is 0 Å². The third-order valence-electron chi connectivity index (χ3n) is 1.65. The van der Waals surface area contributed by atoms with Crippen molar-refractivity contribution in [2.45, 2.75) is 26.3 Å². The molecule has 0 fully saturated rings. The summed E-state index contributed by atoms with van der Waals surface area (Å²) in [4.78, 5) is 12.4. The lowest BCUT2D eigenvalue weighted by molar-refractivity contribution is -0.541. The maximum absolute atomic E-state index is 11.7.